The molecule has 1 aliphatic rings. The van der Waals surface area contributed by atoms with E-state index in [9.17, 15) is 4.79 Å². The van der Waals surface area contributed by atoms with Gasteiger partial charge in [-0.1, -0.05) is 40.5 Å². The van der Waals surface area contributed by atoms with Gasteiger partial charge >= 0.3 is 0 Å². The summed E-state index contributed by atoms with van der Waals surface area (Å²) in [6, 6.07) is 0.181. The van der Waals surface area contributed by atoms with Crippen molar-refractivity contribution < 1.29 is 9.53 Å². The zero-order chi connectivity index (χ0) is 14.4. The van der Waals surface area contributed by atoms with Crippen molar-refractivity contribution in [3.63, 3.8) is 0 Å². The fourth-order valence-corrected chi connectivity index (χ4v) is 2.89. The van der Waals surface area contributed by atoms with Crippen LogP contribution in [0.5, 0.6) is 0 Å². The SMILES string of the molecule is CCCC(COC)N1C(=O)C(C(C)CC)NC1CC. The Kier molecular flexibility index (Phi) is 6.80. The van der Waals surface area contributed by atoms with Gasteiger partial charge in [-0.25, -0.2) is 0 Å². The van der Waals surface area contributed by atoms with Gasteiger partial charge in [0.25, 0.3) is 0 Å². The number of hydrogen-bond acceptors (Lipinski definition) is 3. The van der Waals surface area contributed by atoms with E-state index in [1.54, 1.807) is 7.11 Å². The molecule has 0 bridgehead atoms. The zero-order valence-electron chi connectivity index (χ0n) is 13.1. The molecule has 0 aromatic rings. The van der Waals surface area contributed by atoms with Gasteiger partial charge in [-0.15, -0.1) is 0 Å². The van der Waals surface area contributed by atoms with Gasteiger partial charge in [0.15, 0.2) is 0 Å². The summed E-state index contributed by atoms with van der Waals surface area (Å²) >= 11 is 0. The van der Waals surface area contributed by atoms with Crippen molar-refractivity contribution in [1.82, 2.24) is 10.2 Å². The number of carbonyl (C=O) groups excluding carboxylic acids is 1. The number of rotatable bonds is 8. The average molecular weight is 270 g/mol. The van der Waals surface area contributed by atoms with Crippen LogP contribution in [0.15, 0.2) is 0 Å². The first-order chi connectivity index (χ1) is 9.10. The monoisotopic (exact) mass is 270 g/mol. The predicted molar refractivity (Wildman–Crippen MR) is 77.9 cm³/mol. The molecule has 19 heavy (non-hydrogen) atoms. The molecule has 0 aromatic carbocycles. The summed E-state index contributed by atoms with van der Waals surface area (Å²) in [6.07, 6.45) is 4.21. The van der Waals surface area contributed by atoms with E-state index in [4.69, 9.17) is 4.74 Å². The van der Waals surface area contributed by atoms with Gasteiger partial charge < -0.3 is 9.64 Å². The van der Waals surface area contributed by atoms with Crippen molar-refractivity contribution in [1.29, 1.82) is 0 Å². The number of ether oxygens (including phenoxy) is 1. The summed E-state index contributed by atoms with van der Waals surface area (Å²) in [4.78, 5) is 14.7. The third-order valence-electron chi connectivity index (χ3n) is 4.20. The smallest absolute Gasteiger partial charge is 0.241 e. The lowest BCUT2D eigenvalue weighted by atomic mass is 9.99. The van der Waals surface area contributed by atoms with Gasteiger partial charge in [-0.3, -0.25) is 10.1 Å². The Bertz CT molecular complexity index is 277. The van der Waals surface area contributed by atoms with Crippen LogP contribution >= 0.6 is 0 Å². The summed E-state index contributed by atoms with van der Waals surface area (Å²) < 4.78 is 5.31. The molecule has 1 saturated heterocycles. The highest BCUT2D eigenvalue weighted by molar-refractivity contribution is 5.85. The summed E-state index contributed by atoms with van der Waals surface area (Å²) in [6.45, 7) is 9.21. The van der Waals surface area contributed by atoms with Crippen LogP contribution in [0, 0.1) is 5.92 Å². The van der Waals surface area contributed by atoms with Crippen LogP contribution in [0.4, 0.5) is 0 Å². The first kappa shape index (κ1) is 16.4. The number of carbonyl (C=O) groups is 1. The molecule has 112 valence electrons. The molecular formula is C15H30N2O2. The normalized spacial score (nSPS) is 26.8. The number of hydrogen-bond donors (Lipinski definition) is 1. The molecule has 4 nitrogen and oxygen atoms in total. The van der Waals surface area contributed by atoms with E-state index in [0.29, 0.717) is 12.5 Å². The Morgan fingerprint density at radius 3 is 2.53 bits per heavy atom. The number of methoxy groups -OCH3 is 1. The van der Waals surface area contributed by atoms with Crippen molar-refractivity contribution in [2.24, 2.45) is 5.92 Å². The minimum Gasteiger partial charge on any atom is -0.383 e. The summed E-state index contributed by atoms with van der Waals surface area (Å²) in [7, 11) is 1.71. The summed E-state index contributed by atoms with van der Waals surface area (Å²) in [5, 5.41) is 3.51. The zero-order valence-corrected chi connectivity index (χ0v) is 13.1. The Balaban J connectivity index is 2.86. The van der Waals surface area contributed by atoms with E-state index in [1.165, 1.54) is 0 Å². The van der Waals surface area contributed by atoms with Crippen LogP contribution in [0.1, 0.15) is 53.4 Å². The number of nitrogens with one attached hydrogen (secondary N) is 1. The first-order valence-corrected chi connectivity index (χ1v) is 7.67. The molecule has 1 rings (SSSR count). The van der Waals surface area contributed by atoms with E-state index in [1.807, 2.05) is 4.90 Å². The van der Waals surface area contributed by atoms with Crippen molar-refractivity contribution in [2.75, 3.05) is 13.7 Å². The van der Waals surface area contributed by atoms with Crippen LogP contribution in [0.25, 0.3) is 0 Å². The van der Waals surface area contributed by atoms with Gasteiger partial charge in [0.1, 0.15) is 0 Å². The second kappa shape index (κ2) is 7.85. The number of nitrogens with zero attached hydrogens (tertiary/aromatic N) is 1. The van der Waals surface area contributed by atoms with Gasteiger partial charge in [0, 0.05) is 7.11 Å². The second-order valence-corrected chi connectivity index (χ2v) is 5.60. The van der Waals surface area contributed by atoms with Gasteiger partial charge in [0.2, 0.25) is 5.91 Å². The molecule has 1 aliphatic heterocycles. The van der Waals surface area contributed by atoms with E-state index >= 15 is 0 Å². The van der Waals surface area contributed by atoms with Crippen LogP contribution in [0.2, 0.25) is 0 Å². The Morgan fingerprint density at radius 2 is 2.05 bits per heavy atom. The molecule has 4 atom stereocenters. The first-order valence-electron chi connectivity index (χ1n) is 7.67. The molecule has 1 heterocycles. The quantitative estimate of drug-likeness (QED) is 0.736. The van der Waals surface area contributed by atoms with Crippen LogP contribution in [-0.4, -0.2) is 42.8 Å². The molecular weight excluding hydrogens is 240 g/mol. The highest BCUT2D eigenvalue weighted by atomic mass is 16.5. The standard InChI is InChI=1S/C15H30N2O2/c1-6-9-12(10-19-5)17-13(8-3)16-14(15(17)18)11(4)7-2/h11-14,16H,6-10H2,1-5H3. The molecule has 0 aliphatic carbocycles. The van der Waals surface area contributed by atoms with Gasteiger partial charge in [0.05, 0.1) is 24.9 Å². The Morgan fingerprint density at radius 1 is 1.37 bits per heavy atom. The highest BCUT2D eigenvalue weighted by Crippen LogP contribution is 2.24. The fourth-order valence-electron chi connectivity index (χ4n) is 2.89. The van der Waals surface area contributed by atoms with Crippen molar-refractivity contribution >= 4 is 5.91 Å². The molecule has 4 heteroatoms. The maximum absolute atomic E-state index is 12.7. The largest absolute Gasteiger partial charge is 0.383 e. The number of amides is 1. The molecule has 1 N–H and O–H groups in total. The van der Waals surface area contributed by atoms with E-state index in [0.717, 1.165) is 25.7 Å². The van der Waals surface area contributed by atoms with E-state index in [2.05, 4.69) is 33.0 Å². The lowest BCUT2D eigenvalue weighted by Gasteiger charge is -2.32. The van der Waals surface area contributed by atoms with Gasteiger partial charge in [-0.2, -0.15) is 0 Å². The van der Waals surface area contributed by atoms with Crippen molar-refractivity contribution in [2.45, 2.75) is 71.6 Å². The van der Waals surface area contributed by atoms with Crippen LogP contribution in [0.3, 0.4) is 0 Å². The molecule has 4 unspecified atom stereocenters. The lowest BCUT2D eigenvalue weighted by molar-refractivity contribution is -0.134. The summed E-state index contributed by atoms with van der Waals surface area (Å²) in [5.41, 5.74) is 0. The maximum atomic E-state index is 12.7. The highest BCUT2D eigenvalue weighted by Gasteiger charge is 2.42. The van der Waals surface area contributed by atoms with E-state index in [-0.39, 0.29) is 24.2 Å². The Labute approximate surface area is 117 Å². The Hall–Kier alpha value is -0.610. The van der Waals surface area contributed by atoms with Gasteiger partial charge in [-0.05, 0) is 18.8 Å². The predicted octanol–water partition coefficient (Wildman–Crippen LogP) is 2.38. The van der Waals surface area contributed by atoms with Crippen molar-refractivity contribution in [3.8, 4) is 0 Å². The molecule has 0 aromatic heterocycles. The van der Waals surface area contributed by atoms with Crippen LogP contribution in [-0.2, 0) is 9.53 Å². The molecule has 0 saturated carbocycles. The minimum atomic E-state index is -0.0221. The van der Waals surface area contributed by atoms with E-state index < -0.39 is 0 Å². The molecule has 0 radical (unpaired) electrons. The third kappa shape index (κ3) is 3.69. The maximum Gasteiger partial charge on any atom is 0.241 e. The fraction of sp³-hybridized carbons (Fsp3) is 0.933. The average Bonchev–Trinajstić information content (AvgIpc) is 2.74. The third-order valence-corrected chi connectivity index (χ3v) is 4.20. The second-order valence-electron chi connectivity index (χ2n) is 5.60. The molecule has 0 spiro atoms. The molecule has 1 amide bonds. The minimum absolute atomic E-state index is 0.0221. The topological polar surface area (TPSA) is 41.6 Å². The van der Waals surface area contributed by atoms with Crippen LogP contribution < -0.4 is 5.32 Å². The lowest BCUT2D eigenvalue weighted by Crippen LogP contribution is -2.46. The summed E-state index contributed by atoms with van der Waals surface area (Å²) in [5.74, 6) is 0.646. The van der Waals surface area contributed by atoms with Crippen molar-refractivity contribution in [3.05, 3.63) is 0 Å². The molecule has 1 fully saturated rings.